The molecule has 0 N–H and O–H groups in total. The Balaban J connectivity index is 5.64. The Bertz CT molecular complexity index is 628. The van der Waals surface area contributed by atoms with Crippen molar-refractivity contribution in [3.05, 3.63) is 0 Å². The number of unbranched alkanes of at least 4 members (excludes halogenated alkanes) is 21. The van der Waals surface area contributed by atoms with Crippen LogP contribution in [0.1, 0.15) is 228 Å². The molecule has 0 bridgehead atoms. The van der Waals surface area contributed by atoms with Crippen molar-refractivity contribution in [3.8, 4) is 0 Å². The minimum atomic E-state index is 1.25. The van der Waals surface area contributed by atoms with Crippen LogP contribution in [0.4, 0.5) is 0 Å². The molecule has 0 aromatic heterocycles. The van der Waals surface area contributed by atoms with Crippen molar-refractivity contribution in [2.24, 2.45) is 0 Å². The lowest BCUT2D eigenvalue weighted by Crippen LogP contribution is -2.44. The molecule has 0 aliphatic carbocycles. The zero-order chi connectivity index (χ0) is 40.3. The van der Waals surface area contributed by atoms with E-state index in [9.17, 15) is 0 Å². The minimum Gasteiger partial charge on any atom is -0.302 e. The lowest BCUT2D eigenvalue weighted by Gasteiger charge is -2.32. The van der Waals surface area contributed by atoms with Crippen molar-refractivity contribution in [1.82, 2.24) is 24.5 Å². The summed E-state index contributed by atoms with van der Waals surface area (Å²) < 4.78 is 0. The SMILES string of the molecule is CCCCCCN(CCCCCC)CCN(CCCCCC)CCN(CCCCCC)CCN(CCCCCC)CCN(CCCCCC)CCCCCC. The lowest BCUT2D eigenvalue weighted by atomic mass is 10.1. The van der Waals surface area contributed by atoms with E-state index >= 15 is 0 Å². The molecule has 0 aliphatic heterocycles. The monoisotopic (exact) mass is 778 g/mol. The summed E-state index contributed by atoms with van der Waals surface area (Å²) in [5, 5.41) is 0. The normalized spacial score (nSPS) is 12.2. The molecule has 0 spiro atoms. The molecule has 0 aromatic carbocycles. The van der Waals surface area contributed by atoms with Crippen LogP contribution in [0.3, 0.4) is 0 Å². The minimum absolute atomic E-state index is 1.25. The summed E-state index contributed by atoms with van der Waals surface area (Å²) in [7, 11) is 0. The molecule has 0 amide bonds. The maximum absolute atomic E-state index is 2.90. The van der Waals surface area contributed by atoms with Crippen LogP contribution in [0.15, 0.2) is 0 Å². The summed E-state index contributed by atoms with van der Waals surface area (Å²) in [5.74, 6) is 0. The Labute approximate surface area is 349 Å². The van der Waals surface area contributed by atoms with Gasteiger partial charge in [0.25, 0.3) is 0 Å². The molecule has 0 radical (unpaired) electrons. The van der Waals surface area contributed by atoms with Crippen molar-refractivity contribution in [2.45, 2.75) is 228 Å². The van der Waals surface area contributed by atoms with E-state index in [0.717, 1.165) is 0 Å². The predicted molar refractivity (Wildman–Crippen MR) is 251 cm³/mol. The molecule has 332 valence electrons. The molecule has 0 aromatic rings. The first-order valence-electron chi connectivity index (χ1n) is 25.7. The Morgan fingerprint density at radius 1 is 0.145 bits per heavy atom. The van der Waals surface area contributed by atoms with Gasteiger partial charge >= 0.3 is 0 Å². The molecule has 0 unspecified atom stereocenters. The van der Waals surface area contributed by atoms with Gasteiger partial charge in [-0.3, -0.25) is 0 Å². The first-order valence-corrected chi connectivity index (χ1v) is 25.7. The van der Waals surface area contributed by atoms with Crippen LogP contribution in [-0.2, 0) is 0 Å². The number of rotatable bonds is 47. The third kappa shape index (κ3) is 37.8. The molecule has 5 heteroatoms. The van der Waals surface area contributed by atoms with Crippen LogP contribution in [0.2, 0.25) is 0 Å². The van der Waals surface area contributed by atoms with Crippen LogP contribution in [-0.4, -0.2) is 123 Å². The second-order valence-corrected chi connectivity index (χ2v) is 17.6. The van der Waals surface area contributed by atoms with Crippen LogP contribution in [0.5, 0.6) is 0 Å². The maximum atomic E-state index is 2.90. The molecule has 0 aliphatic rings. The van der Waals surface area contributed by atoms with Crippen molar-refractivity contribution >= 4 is 0 Å². The molecule has 5 nitrogen and oxygen atoms in total. The van der Waals surface area contributed by atoms with E-state index in [1.165, 1.54) is 278 Å². The van der Waals surface area contributed by atoms with Gasteiger partial charge in [0.15, 0.2) is 0 Å². The Morgan fingerprint density at radius 2 is 0.273 bits per heavy atom. The second-order valence-electron chi connectivity index (χ2n) is 17.6. The standard InChI is InChI=1S/C50H107N5/c1-8-15-22-29-36-51(37-30-23-16-9-2)43-45-53(40-33-26-19-12-5)47-49-55(42-35-28-21-14-7)50-48-54(41-34-27-20-13-6)46-44-52(38-31-24-17-10-3)39-32-25-18-11-4/h8-50H2,1-7H3. The predicted octanol–water partition coefficient (Wildman–Crippen LogP) is 13.6. The topological polar surface area (TPSA) is 16.2 Å². The summed E-state index contributed by atoms with van der Waals surface area (Å²) in [6, 6.07) is 0. The number of hydrogen-bond donors (Lipinski definition) is 0. The lowest BCUT2D eigenvalue weighted by molar-refractivity contribution is 0.148. The summed E-state index contributed by atoms with van der Waals surface area (Å²) in [6.07, 6.45) is 38.5. The molecular formula is C50H107N5. The maximum Gasteiger partial charge on any atom is 0.0110 e. The van der Waals surface area contributed by atoms with Gasteiger partial charge in [-0.15, -0.1) is 0 Å². The van der Waals surface area contributed by atoms with Gasteiger partial charge in [0.1, 0.15) is 0 Å². The number of hydrogen-bond acceptors (Lipinski definition) is 5. The third-order valence-corrected chi connectivity index (χ3v) is 12.2. The Hall–Kier alpha value is -0.200. The van der Waals surface area contributed by atoms with E-state index in [4.69, 9.17) is 0 Å². The van der Waals surface area contributed by atoms with Crippen LogP contribution in [0, 0.1) is 0 Å². The smallest absolute Gasteiger partial charge is 0.0110 e. The van der Waals surface area contributed by atoms with Crippen LogP contribution >= 0.6 is 0 Å². The molecule has 0 atom stereocenters. The fourth-order valence-corrected chi connectivity index (χ4v) is 8.14. The highest BCUT2D eigenvalue weighted by molar-refractivity contribution is 4.72. The van der Waals surface area contributed by atoms with Crippen molar-refractivity contribution in [2.75, 3.05) is 98.2 Å². The van der Waals surface area contributed by atoms with E-state index in [1.54, 1.807) is 0 Å². The van der Waals surface area contributed by atoms with Crippen molar-refractivity contribution in [3.63, 3.8) is 0 Å². The van der Waals surface area contributed by atoms with E-state index < -0.39 is 0 Å². The first kappa shape index (κ1) is 54.8. The summed E-state index contributed by atoms with van der Waals surface area (Å²) in [4.78, 5) is 14.4. The average Bonchev–Trinajstić information content (AvgIpc) is 3.20. The van der Waals surface area contributed by atoms with Crippen molar-refractivity contribution < 1.29 is 0 Å². The zero-order valence-corrected chi connectivity index (χ0v) is 39.6. The van der Waals surface area contributed by atoms with Gasteiger partial charge in [0, 0.05) is 52.4 Å². The summed E-state index contributed by atoms with van der Waals surface area (Å²) in [5.41, 5.74) is 0. The first-order chi connectivity index (χ1) is 27.1. The van der Waals surface area contributed by atoms with Gasteiger partial charge in [-0.2, -0.15) is 0 Å². The van der Waals surface area contributed by atoms with Crippen LogP contribution in [0.25, 0.3) is 0 Å². The van der Waals surface area contributed by atoms with Gasteiger partial charge in [0.05, 0.1) is 0 Å². The molecular weight excluding hydrogens is 671 g/mol. The molecule has 0 saturated carbocycles. The molecule has 0 rings (SSSR count). The van der Waals surface area contributed by atoms with Gasteiger partial charge in [-0.25, -0.2) is 0 Å². The van der Waals surface area contributed by atoms with Gasteiger partial charge in [0.2, 0.25) is 0 Å². The molecule has 0 heterocycles. The fraction of sp³-hybridized carbons (Fsp3) is 1.00. The van der Waals surface area contributed by atoms with Gasteiger partial charge in [-0.05, 0) is 90.8 Å². The van der Waals surface area contributed by atoms with E-state index in [1.807, 2.05) is 0 Å². The second kappa shape index (κ2) is 44.9. The zero-order valence-electron chi connectivity index (χ0n) is 39.6. The van der Waals surface area contributed by atoms with E-state index in [2.05, 4.69) is 73.0 Å². The highest BCUT2D eigenvalue weighted by Gasteiger charge is 2.15. The van der Waals surface area contributed by atoms with Crippen molar-refractivity contribution in [1.29, 1.82) is 0 Å². The largest absolute Gasteiger partial charge is 0.302 e. The summed E-state index contributed by atoms with van der Waals surface area (Å²) >= 11 is 0. The molecule has 0 saturated heterocycles. The highest BCUT2D eigenvalue weighted by Crippen LogP contribution is 2.11. The van der Waals surface area contributed by atoms with Gasteiger partial charge in [-0.1, -0.05) is 183 Å². The molecule has 55 heavy (non-hydrogen) atoms. The molecule has 0 fully saturated rings. The Morgan fingerprint density at radius 3 is 0.400 bits per heavy atom. The Kier molecular flexibility index (Phi) is 44.7. The highest BCUT2D eigenvalue weighted by atomic mass is 15.2. The summed E-state index contributed by atoms with van der Waals surface area (Å²) in [6.45, 7) is 35.6. The van der Waals surface area contributed by atoms with E-state index in [-0.39, 0.29) is 0 Å². The fourth-order valence-electron chi connectivity index (χ4n) is 8.14. The van der Waals surface area contributed by atoms with Crippen LogP contribution < -0.4 is 0 Å². The number of nitrogens with zero attached hydrogens (tertiary/aromatic N) is 5. The van der Waals surface area contributed by atoms with E-state index in [0.29, 0.717) is 0 Å². The van der Waals surface area contributed by atoms with Gasteiger partial charge < -0.3 is 24.5 Å². The third-order valence-electron chi connectivity index (χ3n) is 12.2. The quantitative estimate of drug-likeness (QED) is 0.0570. The average molecular weight is 778 g/mol.